The van der Waals surface area contributed by atoms with Crippen LogP contribution in [-0.2, 0) is 33.3 Å². The number of carboxylic acids is 1. The molecular formula is C17H28N2O8. The van der Waals surface area contributed by atoms with Crippen molar-refractivity contribution in [1.29, 1.82) is 0 Å². The molecule has 3 heterocycles. The third-order valence-electron chi connectivity index (χ3n) is 4.82. The molecule has 0 aliphatic carbocycles. The number of hydrogen-bond donors (Lipinski definition) is 3. The highest BCUT2D eigenvalue weighted by Gasteiger charge is 2.66. The van der Waals surface area contributed by atoms with Crippen LogP contribution in [0.15, 0.2) is 0 Å². The normalized spacial score (nSPS) is 40.5. The highest BCUT2D eigenvalue weighted by molar-refractivity contribution is 5.82. The second-order valence-electron chi connectivity index (χ2n) is 8.21. The predicted octanol–water partition coefficient (Wildman–Crippen LogP) is -0.309. The van der Waals surface area contributed by atoms with Gasteiger partial charge in [-0.2, -0.15) is 0 Å². The number of ether oxygens (including phenoxy) is 5. The summed E-state index contributed by atoms with van der Waals surface area (Å²) >= 11 is 0. The van der Waals surface area contributed by atoms with Gasteiger partial charge in [0.15, 0.2) is 17.3 Å². The Labute approximate surface area is 157 Å². The Hall–Kier alpha value is -1.30. The van der Waals surface area contributed by atoms with E-state index in [1.165, 1.54) is 6.92 Å². The van der Waals surface area contributed by atoms with Gasteiger partial charge in [-0.05, 0) is 34.6 Å². The minimum atomic E-state index is -1.63. The molecule has 0 spiro atoms. The molecule has 10 nitrogen and oxygen atoms in total. The number of fused-ring (bicyclic) bond motifs is 1. The highest BCUT2D eigenvalue weighted by atomic mass is 16.8. The fourth-order valence-electron chi connectivity index (χ4n) is 3.77. The lowest BCUT2D eigenvalue weighted by atomic mass is 9.97. The van der Waals surface area contributed by atoms with Gasteiger partial charge in [0.2, 0.25) is 5.91 Å². The van der Waals surface area contributed by atoms with Gasteiger partial charge in [-0.3, -0.25) is 9.59 Å². The molecule has 154 valence electrons. The van der Waals surface area contributed by atoms with Crippen molar-refractivity contribution in [2.75, 3.05) is 6.61 Å². The van der Waals surface area contributed by atoms with Crippen LogP contribution < -0.4 is 11.1 Å². The molecule has 4 N–H and O–H groups in total. The maximum atomic E-state index is 12.3. The highest BCUT2D eigenvalue weighted by Crippen LogP contribution is 2.47. The summed E-state index contributed by atoms with van der Waals surface area (Å²) in [4.78, 5) is 23.9. The fraction of sp³-hybridized carbons (Fsp3) is 0.882. The largest absolute Gasteiger partial charge is 0.481 e. The van der Waals surface area contributed by atoms with Crippen molar-refractivity contribution in [3.8, 4) is 0 Å². The molecule has 0 aromatic rings. The molecule has 0 saturated carbocycles. The first-order valence-corrected chi connectivity index (χ1v) is 8.99. The van der Waals surface area contributed by atoms with Crippen LogP contribution in [0.1, 0.15) is 41.0 Å². The maximum absolute atomic E-state index is 12.3. The van der Waals surface area contributed by atoms with E-state index in [2.05, 4.69) is 5.32 Å². The van der Waals surface area contributed by atoms with E-state index < -0.39 is 66.1 Å². The van der Waals surface area contributed by atoms with Crippen LogP contribution in [0.25, 0.3) is 0 Å². The predicted molar refractivity (Wildman–Crippen MR) is 90.4 cm³/mol. The standard InChI is InChI=1S/C17H28N2O8/c1-8(18)14(22)19-17(6-10(20)21)13-12(25-16(4,5)27-13)11(26-17)9-7-23-15(2,3)24-9/h8-9,11-13H,6-7,18H2,1-5H3,(H,19,22)(H,20,21)/t8-,9+,11+,12-,13-,17-/m0/s1. The Morgan fingerprint density at radius 1 is 1.11 bits per heavy atom. The summed E-state index contributed by atoms with van der Waals surface area (Å²) in [5, 5.41) is 12.1. The van der Waals surface area contributed by atoms with Crippen LogP contribution in [0.2, 0.25) is 0 Å². The van der Waals surface area contributed by atoms with E-state index in [9.17, 15) is 14.7 Å². The quantitative estimate of drug-likeness (QED) is 0.579. The third-order valence-corrected chi connectivity index (χ3v) is 4.82. The smallest absolute Gasteiger partial charge is 0.308 e. The topological polar surface area (TPSA) is 139 Å². The average Bonchev–Trinajstić information content (AvgIpc) is 3.10. The lowest BCUT2D eigenvalue weighted by Crippen LogP contribution is -2.60. The molecule has 27 heavy (non-hydrogen) atoms. The number of hydrogen-bond acceptors (Lipinski definition) is 8. The van der Waals surface area contributed by atoms with E-state index in [-0.39, 0.29) is 6.61 Å². The SMILES string of the molecule is C[C@H](N)C(=O)N[C@@]1(CC(=O)O)O[C@H]([C@H]2COC(C)(C)O2)[C@@H]2OC(C)(C)O[C@@H]21. The number of nitrogens with two attached hydrogens (primary N) is 1. The fourth-order valence-corrected chi connectivity index (χ4v) is 3.77. The number of amides is 1. The van der Waals surface area contributed by atoms with Crippen LogP contribution in [-0.4, -0.2) is 71.3 Å². The Bertz CT molecular complexity index is 622. The molecule has 1 amide bonds. The summed E-state index contributed by atoms with van der Waals surface area (Å²) in [5.41, 5.74) is 4.03. The summed E-state index contributed by atoms with van der Waals surface area (Å²) in [6.07, 6.45) is -3.20. The minimum Gasteiger partial charge on any atom is -0.481 e. The molecule has 0 radical (unpaired) electrons. The first kappa shape index (κ1) is 20.4. The van der Waals surface area contributed by atoms with Gasteiger partial charge >= 0.3 is 5.97 Å². The van der Waals surface area contributed by atoms with Crippen LogP contribution in [0.3, 0.4) is 0 Å². The van der Waals surface area contributed by atoms with E-state index in [0.717, 1.165) is 0 Å². The van der Waals surface area contributed by atoms with Gasteiger partial charge in [-0.25, -0.2) is 0 Å². The van der Waals surface area contributed by atoms with Gasteiger partial charge in [0.05, 0.1) is 19.1 Å². The van der Waals surface area contributed by atoms with Crippen molar-refractivity contribution < 1.29 is 38.4 Å². The van der Waals surface area contributed by atoms with E-state index >= 15 is 0 Å². The molecule has 3 aliphatic rings. The van der Waals surface area contributed by atoms with Crippen molar-refractivity contribution >= 4 is 11.9 Å². The third kappa shape index (κ3) is 3.96. The molecule has 3 aliphatic heterocycles. The minimum absolute atomic E-state index is 0.245. The van der Waals surface area contributed by atoms with Gasteiger partial charge in [0.25, 0.3) is 0 Å². The summed E-state index contributed by atoms with van der Waals surface area (Å²) in [7, 11) is 0. The van der Waals surface area contributed by atoms with E-state index in [1.807, 2.05) is 0 Å². The number of carboxylic acid groups (broad SMARTS) is 1. The van der Waals surface area contributed by atoms with Crippen LogP contribution in [0.5, 0.6) is 0 Å². The van der Waals surface area contributed by atoms with Crippen LogP contribution in [0.4, 0.5) is 0 Å². The summed E-state index contributed by atoms with van der Waals surface area (Å²) in [5.74, 6) is -3.48. The summed E-state index contributed by atoms with van der Waals surface area (Å²) < 4.78 is 29.5. The maximum Gasteiger partial charge on any atom is 0.308 e. The van der Waals surface area contributed by atoms with Gasteiger partial charge < -0.3 is 39.8 Å². The molecule has 0 aromatic carbocycles. The molecule has 3 saturated heterocycles. The zero-order chi connectivity index (χ0) is 20.2. The van der Waals surface area contributed by atoms with Crippen molar-refractivity contribution in [2.24, 2.45) is 5.73 Å². The van der Waals surface area contributed by atoms with Gasteiger partial charge in [-0.1, -0.05) is 0 Å². The lowest BCUT2D eigenvalue weighted by molar-refractivity contribution is -0.235. The average molecular weight is 388 g/mol. The second kappa shape index (κ2) is 6.64. The van der Waals surface area contributed by atoms with Crippen LogP contribution in [0, 0.1) is 0 Å². The van der Waals surface area contributed by atoms with Crippen LogP contribution >= 0.6 is 0 Å². The lowest BCUT2D eigenvalue weighted by Gasteiger charge is -2.35. The number of aliphatic carboxylic acids is 1. The van der Waals surface area contributed by atoms with Crippen molar-refractivity contribution in [1.82, 2.24) is 5.32 Å². The Balaban J connectivity index is 1.94. The zero-order valence-corrected chi connectivity index (χ0v) is 16.2. The molecule has 6 atom stereocenters. The summed E-state index contributed by atoms with van der Waals surface area (Å²) in [6.45, 7) is 8.74. The van der Waals surface area contributed by atoms with Gasteiger partial charge in [0.1, 0.15) is 24.4 Å². The number of carbonyl (C=O) groups is 2. The zero-order valence-electron chi connectivity index (χ0n) is 16.2. The molecule has 3 fully saturated rings. The number of rotatable bonds is 5. The van der Waals surface area contributed by atoms with Crippen molar-refractivity contribution in [3.05, 3.63) is 0 Å². The second-order valence-corrected chi connectivity index (χ2v) is 8.21. The Kier molecular flexibility index (Phi) is 5.03. The van der Waals surface area contributed by atoms with Crippen molar-refractivity contribution in [2.45, 2.75) is 88.8 Å². The van der Waals surface area contributed by atoms with Crippen molar-refractivity contribution in [3.63, 3.8) is 0 Å². The Morgan fingerprint density at radius 2 is 1.78 bits per heavy atom. The van der Waals surface area contributed by atoms with E-state index in [1.54, 1.807) is 27.7 Å². The summed E-state index contributed by atoms with van der Waals surface area (Å²) in [6, 6.07) is -0.850. The molecule has 0 unspecified atom stereocenters. The Morgan fingerprint density at radius 3 is 2.30 bits per heavy atom. The molecule has 0 bridgehead atoms. The first-order valence-electron chi connectivity index (χ1n) is 8.99. The number of carbonyl (C=O) groups excluding carboxylic acids is 1. The molecule has 0 aromatic heterocycles. The van der Waals surface area contributed by atoms with E-state index in [0.29, 0.717) is 0 Å². The van der Waals surface area contributed by atoms with Gasteiger partial charge in [-0.15, -0.1) is 0 Å². The first-order chi connectivity index (χ1) is 12.3. The molecular weight excluding hydrogens is 360 g/mol. The van der Waals surface area contributed by atoms with E-state index in [4.69, 9.17) is 29.4 Å². The monoisotopic (exact) mass is 388 g/mol. The molecule has 3 rings (SSSR count). The van der Waals surface area contributed by atoms with Gasteiger partial charge in [0, 0.05) is 0 Å². The number of nitrogens with one attached hydrogen (secondary N) is 1. The molecule has 10 heteroatoms.